The Balaban J connectivity index is 2.31. The van der Waals surface area contributed by atoms with Crippen molar-refractivity contribution in [3.63, 3.8) is 0 Å². The average Bonchev–Trinajstić information content (AvgIpc) is 2.13. The third kappa shape index (κ3) is 1.61. The maximum absolute atomic E-state index is 10.4. The molecule has 0 bridgehead atoms. The molecule has 0 spiro atoms. The number of carbonyl (C=O) groups excluding carboxylic acids is 1. The minimum absolute atomic E-state index is 0.145. The highest BCUT2D eigenvalue weighted by molar-refractivity contribution is 5.74. The summed E-state index contributed by atoms with van der Waals surface area (Å²) in [5, 5.41) is 10.3. The molecule has 10 heavy (non-hydrogen) atoms. The monoisotopic (exact) mass is 145 g/mol. The molecular weight excluding hydrogens is 138 g/mol. The van der Waals surface area contributed by atoms with E-state index in [4.69, 9.17) is 5.11 Å². The molecule has 1 heterocycles. The van der Waals surface area contributed by atoms with Gasteiger partial charge in [-0.25, -0.2) is 4.79 Å². The topological polar surface area (TPSA) is 75.6 Å². The van der Waals surface area contributed by atoms with Crippen LogP contribution in [0.25, 0.3) is 0 Å². The van der Waals surface area contributed by atoms with Gasteiger partial charge in [-0.2, -0.15) is 0 Å². The maximum Gasteiger partial charge on any atom is 0.405 e. The molecular formula is C5H7NO4. The van der Waals surface area contributed by atoms with Gasteiger partial charge in [0, 0.05) is 0 Å². The molecule has 1 atom stereocenters. The fourth-order valence-corrected chi connectivity index (χ4v) is 0.780. The Morgan fingerprint density at radius 1 is 1.80 bits per heavy atom. The summed E-state index contributed by atoms with van der Waals surface area (Å²) >= 11 is 0. The fourth-order valence-electron chi connectivity index (χ4n) is 0.780. The van der Waals surface area contributed by atoms with Gasteiger partial charge in [-0.05, 0) is 0 Å². The van der Waals surface area contributed by atoms with Crippen molar-refractivity contribution in [3.05, 3.63) is 0 Å². The number of esters is 1. The van der Waals surface area contributed by atoms with Crippen molar-refractivity contribution in [1.82, 2.24) is 5.32 Å². The van der Waals surface area contributed by atoms with Crippen molar-refractivity contribution >= 4 is 12.1 Å². The van der Waals surface area contributed by atoms with Crippen LogP contribution in [0.2, 0.25) is 0 Å². The van der Waals surface area contributed by atoms with E-state index in [1.807, 2.05) is 0 Å². The molecule has 1 fully saturated rings. The van der Waals surface area contributed by atoms with E-state index in [9.17, 15) is 9.59 Å². The van der Waals surface area contributed by atoms with E-state index in [0.717, 1.165) is 0 Å². The normalized spacial score (nSPS) is 24.0. The predicted octanol–water partition coefficient (Wildman–Crippen LogP) is -0.431. The van der Waals surface area contributed by atoms with Crippen LogP contribution >= 0.6 is 0 Å². The Labute approximate surface area is 57.0 Å². The van der Waals surface area contributed by atoms with Crippen LogP contribution in [0.15, 0.2) is 0 Å². The largest absolute Gasteiger partial charge is 0.465 e. The first-order chi connectivity index (χ1) is 4.68. The minimum Gasteiger partial charge on any atom is -0.465 e. The fraction of sp³-hybridized carbons (Fsp3) is 0.600. The standard InChI is InChI=1S/C5H7NO4/c7-4-1-3(2-10-4)6-5(8)9/h3,6H,1-2H2,(H,8,9)/t3-/m0/s1. The predicted molar refractivity (Wildman–Crippen MR) is 30.5 cm³/mol. The molecule has 1 aliphatic heterocycles. The van der Waals surface area contributed by atoms with Gasteiger partial charge < -0.3 is 15.2 Å². The zero-order valence-corrected chi connectivity index (χ0v) is 5.16. The quantitative estimate of drug-likeness (QED) is 0.491. The van der Waals surface area contributed by atoms with E-state index in [0.29, 0.717) is 0 Å². The highest BCUT2D eigenvalue weighted by atomic mass is 16.5. The molecule has 1 aliphatic rings. The van der Waals surface area contributed by atoms with Crippen molar-refractivity contribution in [2.75, 3.05) is 6.61 Å². The van der Waals surface area contributed by atoms with Crippen LogP contribution in [0.3, 0.4) is 0 Å². The molecule has 1 rings (SSSR count). The molecule has 2 N–H and O–H groups in total. The Kier molecular flexibility index (Phi) is 1.75. The lowest BCUT2D eigenvalue weighted by Crippen LogP contribution is -2.33. The van der Waals surface area contributed by atoms with Crippen LogP contribution < -0.4 is 5.32 Å². The average molecular weight is 145 g/mol. The van der Waals surface area contributed by atoms with Crippen LogP contribution in [0.1, 0.15) is 6.42 Å². The molecule has 1 amide bonds. The summed E-state index contributed by atoms with van der Waals surface area (Å²) in [4.78, 5) is 20.4. The van der Waals surface area contributed by atoms with Gasteiger partial charge in [0.1, 0.15) is 6.61 Å². The lowest BCUT2D eigenvalue weighted by molar-refractivity contribution is -0.137. The Morgan fingerprint density at radius 2 is 2.50 bits per heavy atom. The summed E-state index contributed by atoms with van der Waals surface area (Å²) in [6.45, 7) is 0.158. The lowest BCUT2D eigenvalue weighted by atomic mass is 10.3. The number of carboxylic acid groups (broad SMARTS) is 1. The molecule has 5 heteroatoms. The number of hydrogen-bond donors (Lipinski definition) is 2. The van der Waals surface area contributed by atoms with Crippen LogP contribution in [0.5, 0.6) is 0 Å². The number of cyclic esters (lactones) is 1. The van der Waals surface area contributed by atoms with E-state index in [1.165, 1.54) is 0 Å². The molecule has 0 aromatic heterocycles. The lowest BCUT2D eigenvalue weighted by Gasteiger charge is -2.02. The first-order valence-corrected chi connectivity index (χ1v) is 2.83. The van der Waals surface area contributed by atoms with Crippen molar-refractivity contribution in [2.45, 2.75) is 12.5 Å². The first-order valence-electron chi connectivity index (χ1n) is 2.83. The van der Waals surface area contributed by atoms with E-state index in [1.54, 1.807) is 0 Å². The van der Waals surface area contributed by atoms with Crippen molar-refractivity contribution < 1.29 is 19.4 Å². The molecule has 0 radical (unpaired) electrons. The number of amides is 1. The SMILES string of the molecule is O=C(O)N[C@@H]1COC(=O)C1. The molecule has 0 saturated carbocycles. The molecule has 0 unspecified atom stereocenters. The Hall–Kier alpha value is -1.26. The van der Waals surface area contributed by atoms with Gasteiger partial charge in [0.2, 0.25) is 0 Å². The van der Waals surface area contributed by atoms with Gasteiger partial charge in [-0.15, -0.1) is 0 Å². The van der Waals surface area contributed by atoms with Crippen LogP contribution in [-0.4, -0.2) is 29.8 Å². The number of ether oxygens (including phenoxy) is 1. The summed E-state index contributed by atoms with van der Waals surface area (Å²) in [5.74, 6) is -0.348. The maximum atomic E-state index is 10.4. The summed E-state index contributed by atoms with van der Waals surface area (Å²) in [7, 11) is 0. The zero-order chi connectivity index (χ0) is 7.56. The minimum atomic E-state index is -1.12. The Morgan fingerprint density at radius 3 is 2.90 bits per heavy atom. The molecule has 0 aromatic rings. The molecule has 5 nitrogen and oxygen atoms in total. The van der Waals surface area contributed by atoms with E-state index in [2.05, 4.69) is 10.1 Å². The first kappa shape index (κ1) is 6.85. The third-order valence-electron chi connectivity index (χ3n) is 1.19. The van der Waals surface area contributed by atoms with Gasteiger partial charge >= 0.3 is 12.1 Å². The Bertz CT molecular complexity index is 167. The molecule has 56 valence electrons. The second-order valence-corrected chi connectivity index (χ2v) is 2.03. The van der Waals surface area contributed by atoms with E-state index < -0.39 is 6.09 Å². The summed E-state index contributed by atoms with van der Waals surface area (Å²) < 4.78 is 4.50. The van der Waals surface area contributed by atoms with Gasteiger partial charge in [0.05, 0.1) is 12.5 Å². The van der Waals surface area contributed by atoms with E-state index >= 15 is 0 Å². The zero-order valence-electron chi connectivity index (χ0n) is 5.16. The van der Waals surface area contributed by atoms with Gasteiger partial charge in [0.25, 0.3) is 0 Å². The number of nitrogens with one attached hydrogen (secondary N) is 1. The second-order valence-electron chi connectivity index (χ2n) is 2.03. The number of rotatable bonds is 1. The van der Waals surface area contributed by atoms with Gasteiger partial charge in [-0.3, -0.25) is 4.79 Å². The highest BCUT2D eigenvalue weighted by Crippen LogP contribution is 2.04. The van der Waals surface area contributed by atoms with Gasteiger partial charge in [0.15, 0.2) is 0 Å². The number of carbonyl (C=O) groups is 2. The van der Waals surface area contributed by atoms with Crippen molar-refractivity contribution in [2.24, 2.45) is 0 Å². The molecule has 1 saturated heterocycles. The summed E-state index contributed by atoms with van der Waals surface area (Å²) in [5.41, 5.74) is 0. The molecule has 0 aliphatic carbocycles. The molecule has 0 aromatic carbocycles. The smallest absolute Gasteiger partial charge is 0.405 e. The van der Waals surface area contributed by atoms with Crippen molar-refractivity contribution in [1.29, 1.82) is 0 Å². The van der Waals surface area contributed by atoms with Crippen molar-refractivity contribution in [3.8, 4) is 0 Å². The third-order valence-corrected chi connectivity index (χ3v) is 1.19. The van der Waals surface area contributed by atoms with Crippen LogP contribution in [0, 0.1) is 0 Å². The summed E-state index contributed by atoms with van der Waals surface area (Å²) in [6.07, 6.45) is -0.977. The van der Waals surface area contributed by atoms with Crippen LogP contribution in [0.4, 0.5) is 4.79 Å². The second kappa shape index (κ2) is 2.55. The van der Waals surface area contributed by atoms with E-state index in [-0.39, 0.29) is 25.0 Å². The van der Waals surface area contributed by atoms with Gasteiger partial charge in [-0.1, -0.05) is 0 Å². The highest BCUT2D eigenvalue weighted by Gasteiger charge is 2.24. The van der Waals surface area contributed by atoms with Crippen LogP contribution in [-0.2, 0) is 9.53 Å². The summed E-state index contributed by atoms with van der Waals surface area (Å²) in [6, 6.07) is -0.356. The number of hydrogen-bond acceptors (Lipinski definition) is 3.